The minimum absolute atomic E-state index is 0.149. The lowest BCUT2D eigenvalue weighted by Crippen LogP contribution is -2.19. The first kappa shape index (κ1) is 32.9. The van der Waals surface area contributed by atoms with Crippen LogP contribution in [0.25, 0.3) is 15.8 Å². The van der Waals surface area contributed by atoms with Crippen molar-refractivity contribution in [3.63, 3.8) is 0 Å². The smallest absolute Gasteiger partial charge is 0.166 e. The summed E-state index contributed by atoms with van der Waals surface area (Å²) in [5.74, 6) is 1.05. The number of ketones is 1. The van der Waals surface area contributed by atoms with Gasteiger partial charge in [0.05, 0.1) is 36.6 Å². The molecule has 1 aliphatic heterocycles. The lowest BCUT2D eigenvalue weighted by molar-refractivity contribution is -0.118. The molecule has 0 atom stereocenters. The lowest BCUT2D eigenvalue weighted by atomic mass is 10.0. The molecule has 2 aromatic heterocycles. The van der Waals surface area contributed by atoms with E-state index < -0.39 is 5.82 Å². The van der Waals surface area contributed by atoms with E-state index in [-0.39, 0.29) is 24.6 Å². The van der Waals surface area contributed by atoms with Crippen molar-refractivity contribution in [2.75, 3.05) is 52.7 Å². The molecule has 5 rings (SSSR count). The molecule has 232 valence electrons. The maximum absolute atomic E-state index is 14.7. The van der Waals surface area contributed by atoms with Crippen molar-refractivity contribution in [3.8, 4) is 11.5 Å². The fourth-order valence-corrected chi connectivity index (χ4v) is 5.65. The highest BCUT2D eigenvalue weighted by molar-refractivity contribution is 7.20. The maximum Gasteiger partial charge on any atom is 0.166 e. The van der Waals surface area contributed by atoms with Crippen LogP contribution in [-0.2, 0) is 30.2 Å². The normalized spacial score (nSPS) is 14.6. The molecule has 0 amide bonds. The van der Waals surface area contributed by atoms with Gasteiger partial charge in [0.1, 0.15) is 24.4 Å². The first-order chi connectivity index (χ1) is 21.1. The van der Waals surface area contributed by atoms with Crippen LogP contribution in [0.5, 0.6) is 11.5 Å². The van der Waals surface area contributed by atoms with Gasteiger partial charge in [-0.3, -0.25) is 9.78 Å². The second-order valence-corrected chi connectivity index (χ2v) is 11.6. The van der Waals surface area contributed by atoms with Gasteiger partial charge in [0.25, 0.3) is 0 Å². The Bertz CT molecular complexity index is 1360. The molecule has 1 fully saturated rings. The van der Waals surface area contributed by atoms with Crippen molar-refractivity contribution in [1.82, 2.24) is 10.3 Å². The van der Waals surface area contributed by atoms with Gasteiger partial charge in [-0.25, -0.2) is 4.39 Å². The molecule has 0 bridgehead atoms. The third-order valence-electron chi connectivity index (χ3n) is 6.87. The number of pyridine rings is 1. The largest absolute Gasteiger partial charge is 0.453 e. The van der Waals surface area contributed by atoms with Crippen LogP contribution in [0.3, 0.4) is 0 Å². The summed E-state index contributed by atoms with van der Waals surface area (Å²) in [6, 6.07) is 8.66. The molecule has 1 aliphatic carbocycles. The Morgan fingerprint density at radius 1 is 1.07 bits per heavy atom. The Labute approximate surface area is 256 Å². The van der Waals surface area contributed by atoms with Crippen LogP contribution in [0.1, 0.15) is 49.5 Å². The molecular weight excluding hydrogens is 571 g/mol. The van der Waals surface area contributed by atoms with Crippen molar-refractivity contribution >= 4 is 39.2 Å². The number of fused-ring (bicyclic) bond motifs is 1. The van der Waals surface area contributed by atoms with Gasteiger partial charge in [-0.1, -0.05) is 19.1 Å². The number of hydrogen-bond acceptors (Lipinski definition) is 9. The van der Waals surface area contributed by atoms with Gasteiger partial charge in [0.2, 0.25) is 0 Å². The highest BCUT2D eigenvalue weighted by atomic mass is 32.1. The standard InChI is InChI=1S/C24H23FN2O2S.C9H18O4/c25-19-13-16(12-18(28)11-15-1-2-15)3-4-21(19)29-22-7-10-27-20-14-23(30-24(20)22)17-5-8-26-9-6-17;1-2-4-11-6-8-13-9-7-12-5-3-10/h3-5,7,10,13-15,26H,1-2,6,8-9,11-12H2;3H,2,4-9H2,1H3. The highest BCUT2D eigenvalue weighted by Gasteiger charge is 2.24. The van der Waals surface area contributed by atoms with Crippen LogP contribution >= 0.6 is 11.3 Å². The molecule has 8 nitrogen and oxygen atoms in total. The van der Waals surface area contributed by atoms with E-state index in [0.717, 1.165) is 61.9 Å². The van der Waals surface area contributed by atoms with Crippen molar-refractivity contribution < 1.29 is 32.9 Å². The van der Waals surface area contributed by atoms with E-state index in [0.29, 0.717) is 50.1 Å². The van der Waals surface area contributed by atoms with E-state index >= 15 is 0 Å². The SMILES string of the molecule is CCCOCCOCCOCC=O.O=C(Cc1ccc(Oc2ccnc3cc(C4=CCNCC4)sc23)c(F)c1)CC1CC1. The minimum atomic E-state index is -0.450. The fraction of sp³-hybridized carbons (Fsp3) is 0.485. The molecule has 0 radical (unpaired) electrons. The summed E-state index contributed by atoms with van der Waals surface area (Å²) in [4.78, 5) is 27.5. The number of thiophene rings is 1. The van der Waals surface area contributed by atoms with Crippen LogP contribution in [0.4, 0.5) is 4.39 Å². The van der Waals surface area contributed by atoms with Gasteiger partial charge in [0, 0.05) is 43.1 Å². The minimum Gasteiger partial charge on any atom is -0.453 e. The number of Topliss-reactive ketones (excluding diaryl/α,β-unsaturated/α-hetero) is 1. The Hall–Kier alpha value is -3.02. The number of aldehydes is 1. The van der Waals surface area contributed by atoms with Crippen LogP contribution < -0.4 is 10.1 Å². The Morgan fingerprint density at radius 2 is 1.86 bits per heavy atom. The topological polar surface area (TPSA) is 96.0 Å². The average Bonchev–Trinajstić information content (AvgIpc) is 3.71. The summed E-state index contributed by atoms with van der Waals surface area (Å²) in [5, 5.41) is 3.32. The molecule has 1 saturated carbocycles. The van der Waals surface area contributed by atoms with Crippen molar-refractivity contribution in [3.05, 3.63) is 58.9 Å². The molecule has 0 spiro atoms. The molecule has 3 heterocycles. The number of nitrogens with one attached hydrogen (secondary N) is 1. The number of rotatable bonds is 17. The molecule has 43 heavy (non-hydrogen) atoms. The molecule has 3 aromatic rings. The average molecular weight is 613 g/mol. The molecule has 1 aromatic carbocycles. The highest BCUT2D eigenvalue weighted by Crippen LogP contribution is 2.39. The number of ether oxygens (including phenoxy) is 4. The van der Waals surface area contributed by atoms with Crippen LogP contribution in [-0.4, -0.2) is 69.8 Å². The summed E-state index contributed by atoms with van der Waals surface area (Å²) in [7, 11) is 0. The molecule has 10 heteroatoms. The van der Waals surface area contributed by atoms with Crippen LogP contribution in [0.2, 0.25) is 0 Å². The third-order valence-corrected chi connectivity index (χ3v) is 8.08. The first-order valence-electron chi connectivity index (χ1n) is 15.0. The maximum atomic E-state index is 14.7. The van der Waals surface area contributed by atoms with E-state index in [2.05, 4.69) is 29.4 Å². The van der Waals surface area contributed by atoms with E-state index in [4.69, 9.17) is 18.9 Å². The number of carbonyl (C=O) groups excluding carboxylic acids is 2. The molecule has 0 saturated heterocycles. The summed E-state index contributed by atoms with van der Waals surface area (Å²) in [6.45, 7) is 7.04. The number of benzene rings is 1. The lowest BCUT2D eigenvalue weighted by Gasteiger charge is -2.11. The van der Waals surface area contributed by atoms with Crippen LogP contribution in [0.15, 0.2) is 42.6 Å². The Kier molecular flexibility index (Phi) is 13.7. The number of hydrogen-bond donors (Lipinski definition) is 1. The Balaban J connectivity index is 0.000000277. The van der Waals surface area contributed by atoms with E-state index in [9.17, 15) is 14.0 Å². The summed E-state index contributed by atoms with van der Waals surface area (Å²) in [5.41, 5.74) is 2.87. The summed E-state index contributed by atoms with van der Waals surface area (Å²) >= 11 is 1.63. The van der Waals surface area contributed by atoms with Crippen molar-refractivity contribution in [2.24, 2.45) is 5.92 Å². The summed E-state index contributed by atoms with van der Waals surface area (Å²) < 4.78 is 36.8. The predicted molar refractivity (Wildman–Crippen MR) is 166 cm³/mol. The van der Waals surface area contributed by atoms with E-state index in [1.165, 1.54) is 16.5 Å². The third kappa shape index (κ3) is 11.2. The zero-order chi connectivity index (χ0) is 30.3. The number of nitrogens with zero attached hydrogens (tertiary/aromatic N) is 1. The van der Waals surface area contributed by atoms with Crippen molar-refractivity contribution in [1.29, 1.82) is 0 Å². The van der Waals surface area contributed by atoms with Gasteiger partial charge in [-0.05, 0) is 67.5 Å². The van der Waals surface area contributed by atoms with Crippen LogP contribution in [0, 0.1) is 11.7 Å². The molecule has 0 unspecified atom stereocenters. The molecule has 2 aliphatic rings. The van der Waals surface area contributed by atoms with E-state index in [1.54, 1.807) is 35.7 Å². The predicted octanol–water partition coefficient (Wildman–Crippen LogP) is 6.16. The second-order valence-electron chi connectivity index (χ2n) is 10.5. The molecular formula is C33H41FN2O6S. The summed E-state index contributed by atoms with van der Waals surface area (Å²) in [6.07, 6.45) is 9.82. The monoisotopic (exact) mass is 612 g/mol. The van der Waals surface area contributed by atoms with Crippen molar-refractivity contribution in [2.45, 2.75) is 45.4 Å². The quantitative estimate of drug-likeness (QED) is 0.143. The fourth-order valence-electron chi connectivity index (χ4n) is 4.51. The second kappa shape index (κ2) is 17.9. The first-order valence-corrected chi connectivity index (χ1v) is 15.8. The number of halogens is 1. The van der Waals surface area contributed by atoms with Gasteiger partial charge in [-0.15, -0.1) is 11.3 Å². The van der Waals surface area contributed by atoms with Gasteiger partial charge < -0.3 is 29.1 Å². The number of aromatic nitrogens is 1. The Morgan fingerprint density at radius 3 is 2.56 bits per heavy atom. The van der Waals surface area contributed by atoms with Gasteiger partial charge in [-0.2, -0.15) is 0 Å². The zero-order valence-corrected chi connectivity index (χ0v) is 25.6. The molecule has 1 N–H and O–H groups in total. The van der Waals surface area contributed by atoms with E-state index in [1.807, 2.05) is 0 Å². The number of carbonyl (C=O) groups is 2. The van der Waals surface area contributed by atoms with Gasteiger partial charge in [0.15, 0.2) is 11.6 Å². The zero-order valence-electron chi connectivity index (χ0n) is 24.8. The van der Waals surface area contributed by atoms with Gasteiger partial charge >= 0.3 is 0 Å².